The number of amides is 1. The molecule has 1 amide bonds. The van der Waals surface area contributed by atoms with Gasteiger partial charge < -0.3 is 14.8 Å². The average molecular weight is 475 g/mol. The van der Waals surface area contributed by atoms with Gasteiger partial charge in [0, 0.05) is 13.1 Å². The molecular weight excluding hydrogens is 444 g/mol. The molecule has 0 aliphatic carbocycles. The molecule has 0 atom stereocenters. The van der Waals surface area contributed by atoms with Crippen LogP contribution < -0.4 is 5.32 Å². The van der Waals surface area contributed by atoms with Gasteiger partial charge in [-0.1, -0.05) is 13.8 Å². The van der Waals surface area contributed by atoms with Crippen molar-refractivity contribution in [2.45, 2.75) is 40.0 Å². The molecule has 0 saturated carbocycles. The zero-order valence-electron chi connectivity index (χ0n) is 18.3. The number of carbonyl (C=O) groups excluding carboxylic acids is 3. The number of esters is 2. The summed E-state index contributed by atoms with van der Waals surface area (Å²) in [4.78, 5) is 37.0. The van der Waals surface area contributed by atoms with E-state index in [-0.39, 0.29) is 19.7 Å². The third-order valence-electron chi connectivity index (χ3n) is 4.83. The minimum atomic E-state index is -3.28. The predicted octanol–water partition coefficient (Wildman–Crippen LogP) is 2.28. The maximum Gasteiger partial charge on any atom is 0.341 e. The average Bonchev–Trinajstić information content (AvgIpc) is 3.07. The molecule has 2 rings (SSSR count). The lowest BCUT2D eigenvalue weighted by Gasteiger charge is -2.28. The highest BCUT2D eigenvalue weighted by Crippen LogP contribution is 2.31. The van der Waals surface area contributed by atoms with Crippen molar-refractivity contribution in [1.82, 2.24) is 4.31 Å². The zero-order chi connectivity index (χ0) is 23.2. The summed E-state index contributed by atoms with van der Waals surface area (Å²) >= 11 is 1.23. The second-order valence-electron chi connectivity index (χ2n) is 7.88. The van der Waals surface area contributed by atoms with Crippen LogP contribution in [0.3, 0.4) is 0 Å². The van der Waals surface area contributed by atoms with Gasteiger partial charge >= 0.3 is 11.9 Å². The zero-order valence-corrected chi connectivity index (χ0v) is 19.9. The second kappa shape index (κ2) is 11.1. The van der Waals surface area contributed by atoms with Gasteiger partial charge in [-0.25, -0.2) is 17.5 Å². The number of sulfonamides is 1. The quantitative estimate of drug-likeness (QED) is 0.545. The van der Waals surface area contributed by atoms with E-state index in [1.807, 2.05) is 19.2 Å². The number of piperidine rings is 1. The van der Waals surface area contributed by atoms with Crippen LogP contribution in [-0.2, 0) is 35.5 Å². The normalized spacial score (nSPS) is 15.6. The lowest BCUT2D eigenvalue weighted by molar-refractivity contribution is -0.152. The van der Waals surface area contributed by atoms with Crippen LogP contribution in [0.25, 0.3) is 0 Å². The highest BCUT2D eigenvalue weighted by atomic mass is 32.2. The topological polar surface area (TPSA) is 119 Å². The molecule has 0 unspecified atom stereocenters. The molecule has 1 aromatic heterocycles. The number of nitrogens with one attached hydrogen (secondary N) is 1. The van der Waals surface area contributed by atoms with Crippen molar-refractivity contribution in [3.63, 3.8) is 0 Å². The van der Waals surface area contributed by atoms with Gasteiger partial charge in [-0.15, -0.1) is 11.3 Å². The Morgan fingerprint density at radius 2 is 1.87 bits per heavy atom. The Kier molecular flexibility index (Phi) is 9.01. The van der Waals surface area contributed by atoms with Crippen LogP contribution in [-0.4, -0.2) is 63.1 Å². The van der Waals surface area contributed by atoms with E-state index in [1.165, 1.54) is 15.6 Å². The molecule has 0 aromatic carbocycles. The number of hydrogen-bond donors (Lipinski definition) is 1. The van der Waals surface area contributed by atoms with Gasteiger partial charge in [0.1, 0.15) is 5.00 Å². The number of anilines is 1. The number of thiophene rings is 1. The van der Waals surface area contributed by atoms with Gasteiger partial charge in [-0.2, -0.15) is 0 Å². The molecular formula is C20H30N2O7S2. The van der Waals surface area contributed by atoms with Crippen LogP contribution in [0.4, 0.5) is 5.00 Å². The first-order valence-electron chi connectivity index (χ1n) is 10.2. The fraction of sp³-hybridized carbons (Fsp3) is 0.650. The Morgan fingerprint density at radius 3 is 2.42 bits per heavy atom. The van der Waals surface area contributed by atoms with E-state index >= 15 is 0 Å². The number of rotatable bonds is 9. The second-order valence-corrected chi connectivity index (χ2v) is 10.7. The monoisotopic (exact) mass is 474 g/mol. The maximum atomic E-state index is 12.4. The lowest BCUT2D eigenvalue weighted by atomic mass is 9.98. The van der Waals surface area contributed by atoms with Crippen LogP contribution in [0.15, 0.2) is 5.38 Å². The molecule has 11 heteroatoms. The van der Waals surface area contributed by atoms with Crippen molar-refractivity contribution < 1.29 is 32.3 Å². The van der Waals surface area contributed by atoms with Crippen LogP contribution in [0, 0.1) is 11.8 Å². The predicted molar refractivity (Wildman–Crippen MR) is 118 cm³/mol. The molecule has 1 fully saturated rings. The van der Waals surface area contributed by atoms with Crippen molar-refractivity contribution in [3.05, 3.63) is 16.5 Å². The molecule has 0 bridgehead atoms. The molecule has 1 aromatic rings. The van der Waals surface area contributed by atoms with Gasteiger partial charge in [0.2, 0.25) is 10.0 Å². The Labute approximate surface area is 187 Å². The summed E-state index contributed by atoms with van der Waals surface area (Å²) < 4.78 is 34.7. The number of nitrogens with zero attached hydrogens (tertiary/aromatic N) is 1. The SMILES string of the molecule is CCOC(=O)c1c(CC(C)C)csc1NC(=O)COC(=O)C1CCN(S(C)(=O)=O)CC1. The highest BCUT2D eigenvalue weighted by Gasteiger charge is 2.30. The van der Waals surface area contributed by atoms with Gasteiger partial charge in [-0.3, -0.25) is 9.59 Å². The summed E-state index contributed by atoms with van der Waals surface area (Å²) in [6, 6.07) is 0. The van der Waals surface area contributed by atoms with Crippen LogP contribution >= 0.6 is 11.3 Å². The standard InChI is InChI=1S/C20H30N2O7S2/c1-5-28-20(25)17-15(10-13(2)3)12-30-18(17)21-16(23)11-29-19(24)14-6-8-22(9-7-14)31(4,26)27/h12-14H,5-11H2,1-4H3,(H,21,23). The first kappa shape index (κ1) is 25.3. The third kappa shape index (κ3) is 7.29. The van der Waals surface area contributed by atoms with Crippen molar-refractivity contribution in [2.24, 2.45) is 11.8 Å². The molecule has 1 N–H and O–H groups in total. The Hall–Kier alpha value is -1.98. The molecule has 174 valence electrons. The minimum absolute atomic E-state index is 0.221. The summed E-state index contributed by atoms with van der Waals surface area (Å²) in [6.45, 7) is 6.02. The minimum Gasteiger partial charge on any atom is -0.462 e. The first-order valence-corrected chi connectivity index (χ1v) is 12.9. The van der Waals surface area contributed by atoms with E-state index in [1.54, 1.807) is 6.92 Å². The molecule has 31 heavy (non-hydrogen) atoms. The summed E-state index contributed by atoms with van der Waals surface area (Å²) in [7, 11) is -3.28. The van der Waals surface area contributed by atoms with E-state index in [0.29, 0.717) is 35.7 Å². The summed E-state index contributed by atoms with van der Waals surface area (Å²) in [6.07, 6.45) is 2.51. The number of ether oxygens (including phenoxy) is 2. The van der Waals surface area contributed by atoms with E-state index in [9.17, 15) is 22.8 Å². The first-order chi connectivity index (χ1) is 14.5. The van der Waals surface area contributed by atoms with Crippen molar-refractivity contribution in [2.75, 3.05) is 37.9 Å². The molecule has 1 aliphatic heterocycles. The van der Waals surface area contributed by atoms with Gasteiger partial charge in [0.05, 0.1) is 24.3 Å². The van der Waals surface area contributed by atoms with Crippen molar-refractivity contribution in [1.29, 1.82) is 0 Å². The summed E-state index contributed by atoms with van der Waals surface area (Å²) in [5.74, 6) is -1.70. The van der Waals surface area contributed by atoms with Crippen LogP contribution in [0.1, 0.15) is 49.5 Å². The van der Waals surface area contributed by atoms with E-state index in [0.717, 1.165) is 11.8 Å². The Morgan fingerprint density at radius 1 is 1.23 bits per heavy atom. The Balaban J connectivity index is 1.93. The number of carbonyl (C=O) groups is 3. The lowest BCUT2D eigenvalue weighted by Crippen LogP contribution is -2.40. The molecule has 0 radical (unpaired) electrons. The third-order valence-corrected chi connectivity index (χ3v) is 7.08. The van der Waals surface area contributed by atoms with Crippen LogP contribution in [0.2, 0.25) is 0 Å². The largest absolute Gasteiger partial charge is 0.462 e. The molecule has 1 saturated heterocycles. The highest BCUT2D eigenvalue weighted by molar-refractivity contribution is 7.88. The van der Waals surface area contributed by atoms with Gasteiger partial charge in [-0.05, 0) is 43.0 Å². The molecule has 1 aliphatic rings. The summed E-state index contributed by atoms with van der Waals surface area (Å²) in [5, 5.41) is 4.84. The van der Waals surface area contributed by atoms with Crippen molar-refractivity contribution >= 4 is 44.2 Å². The maximum absolute atomic E-state index is 12.4. The molecule has 9 nitrogen and oxygen atoms in total. The smallest absolute Gasteiger partial charge is 0.341 e. The van der Waals surface area contributed by atoms with E-state index < -0.39 is 40.4 Å². The fourth-order valence-corrected chi connectivity index (χ4v) is 5.20. The van der Waals surface area contributed by atoms with Gasteiger partial charge in [0.15, 0.2) is 6.61 Å². The Bertz CT molecular complexity index is 901. The molecule has 2 heterocycles. The van der Waals surface area contributed by atoms with E-state index in [2.05, 4.69) is 5.32 Å². The van der Waals surface area contributed by atoms with Gasteiger partial charge in [0.25, 0.3) is 5.91 Å². The van der Waals surface area contributed by atoms with Crippen LogP contribution in [0.5, 0.6) is 0 Å². The van der Waals surface area contributed by atoms with E-state index in [4.69, 9.17) is 9.47 Å². The fourth-order valence-electron chi connectivity index (χ4n) is 3.34. The molecule has 0 spiro atoms. The summed E-state index contributed by atoms with van der Waals surface area (Å²) in [5.41, 5.74) is 1.15. The van der Waals surface area contributed by atoms with Crippen molar-refractivity contribution in [3.8, 4) is 0 Å². The number of hydrogen-bond acceptors (Lipinski definition) is 8.